The molecule has 0 saturated carbocycles. The van der Waals surface area contributed by atoms with Crippen LogP contribution in [0.25, 0.3) is 0 Å². The highest BCUT2D eigenvalue weighted by Gasteiger charge is 2.20. The Bertz CT molecular complexity index is 476. The first kappa shape index (κ1) is 15.9. The summed E-state index contributed by atoms with van der Waals surface area (Å²) in [5, 5.41) is 10.7. The highest BCUT2D eigenvalue weighted by atomic mass is 16.6. The third-order valence-electron chi connectivity index (χ3n) is 2.88. The molecule has 1 amide bonds. The monoisotopic (exact) mass is 280 g/mol. The van der Waals surface area contributed by atoms with E-state index in [0.29, 0.717) is 18.8 Å². The second-order valence-electron chi connectivity index (χ2n) is 4.43. The fourth-order valence-corrected chi connectivity index (χ4v) is 1.88. The smallest absolute Gasteiger partial charge is 0.273 e. The molecule has 0 fully saturated rings. The molecule has 20 heavy (non-hydrogen) atoms. The van der Waals surface area contributed by atoms with Gasteiger partial charge >= 0.3 is 0 Å². The van der Waals surface area contributed by atoms with E-state index in [9.17, 15) is 14.9 Å². The molecule has 0 bridgehead atoms. The van der Waals surface area contributed by atoms with Gasteiger partial charge in [0.1, 0.15) is 5.75 Å². The van der Waals surface area contributed by atoms with Crippen LogP contribution in [-0.2, 0) is 4.79 Å². The van der Waals surface area contributed by atoms with Gasteiger partial charge in [-0.05, 0) is 26.3 Å². The second kappa shape index (κ2) is 7.47. The van der Waals surface area contributed by atoms with E-state index in [1.54, 1.807) is 17.9 Å². The molecule has 0 radical (unpaired) electrons. The number of ether oxygens (including phenoxy) is 1. The number of amides is 1. The van der Waals surface area contributed by atoms with Gasteiger partial charge in [-0.25, -0.2) is 0 Å². The number of rotatable bonds is 7. The molecular formula is C14H20N2O4. The van der Waals surface area contributed by atoms with E-state index in [-0.39, 0.29) is 11.6 Å². The number of non-ortho nitro benzene ring substituents is 1. The fourth-order valence-electron chi connectivity index (χ4n) is 1.88. The molecule has 0 N–H and O–H groups in total. The Kier molecular flexibility index (Phi) is 5.96. The van der Waals surface area contributed by atoms with Crippen LogP contribution in [0, 0.1) is 10.1 Å². The zero-order valence-corrected chi connectivity index (χ0v) is 12.0. The molecule has 0 aliphatic heterocycles. The largest absolute Gasteiger partial charge is 0.481 e. The third-order valence-corrected chi connectivity index (χ3v) is 2.88. The summed E-state index contributed by atoms with van der Waals surface area (Å²) in [5.41, 5.74) is -0.0527. The Labute approximate surface area is 118 Å². The number of hydrogen-bond donors (Lipinski definition) is 0. The van der Waals surface area contributed by atoms with E-state index < -0.39 is 11.0 Å². The number of nitro groups is 1. The molecule has 1 rings (SSSR count). The molecule has 0 aliphatic rings. The van der Waals surface area contributed by atoms with E-state index in [1.807, 2.05) is 13.8 Å². The van der Waals surface area contributed by atoms with Crippen LogP contribution >= 0.6 is 0 Å². The Balaban J connectivity index is 2.74. The van der Waals surface area contributed by atoms with Crippen molar-refractivity contribution >= 4 is 11.6 Å². The molecule has 1 unspecified atom stereocenters. The minimum Gasteiger partial charge on any atom is -0.481 e. The van der Waals surface area contributed by atoms with Crippen molar-refractivity contribution < 1.29 is 14.5 Å². The summed E-state index contributed by atoms with van der Waals surface area (Å²) in [7, 11) is 0. The summed E-state index contributed by atoms with van der Waals surface area (Å²) < 4.78 is 5.50. The Hall–Kier alpha value is -2.11. The number of nitro benzene ring substituents is 1. The van der Waals surface area contributed by atoms with Crippen LogP contribution in [0.4, 0.5) is 5.69 Å². The molecule has 0 spiro atoms. The lowest BCUT2D eigenvalue weighted by Gasteiger charge is -2.24. The van der Waals surface area contributed by atoms with Crippen LogP contribution < -0.4 is 4.74 Å². The molecule has 1 atom stereocenters. The summed E-state index contributed by atoms with van der Waals surface area (Å²) in [6.45, 7) is 6.86. The quantitative estimate of drug-likeness (QED) is 0.568. The molecule has 1 aromatic rings. The van der Waals surface area contributed by atoms with Gasteiger partial charge < -0.3 is 9.64 Å². The maximum absolute atomic E-state index is 12.2. The Morgan fingerprint density at radius 3 is 2.70 bits per heavy atom. The first-order valence-electron chi connectivity index (χ1n) is 6.69. The molecule has 110 valence electrons. The maximum Gasteiger partial charge on any atom is 0.273 e. The number of carbonyl (C=O) groups excluding carboxylic acids is 1. The van der Waals surface area contributed by atoms with Crippen LogP contribution in [-0.4, -0.2) is 34.9 Å². The van der Waals surface area contributed by atoms with Gasteiger partial charge in [-0.2, -0.15) is 0 Å². The van der Waals surface area contributed by atoms with Crippen LogP contribution in [0.2, 0.25) is 0 Å². The zero-order chi connectivity index (χ0) is 15.1. The van der Waals surface area contributed by atoms with Gasteiger partial charge in [-0.3, -0.25) is 14.9 Å². The van der Waals surface area contributed by atoms with Crippen LogP contribution in [0.15, 0.2) is 24.3 Å². The lowest BCUT2D eigenvalue weighted by molar-refractivity contribution is -0.384. The summed E-state index contributed by atoms with van der Waals surface area (Å²) in [5.74, 6) is 0.216. The Morgan fingerprint density at radius 1 is 1.45 bits per heavy atom. The van der Waals surface area contributed by atoms with Gasteiger partial charge in [0.15, 0.2) is 6.10 Å². The van der Waals surface area contributed by atoms with Crippen molar-refractivity contribution in [1.29, 1.82) is 0 Å². The first-order chi connectivity index (χ1) is 9.49. The summed E-state index contributed by atoms with van der Waals surface area (Å²) in [4.78, 5) is 24.1. The van der Waals surface area contributed by atoms with Gasteiger partial charge in [0, 0.05) is 19.2 Å². The molecule has 6 heteroatoms. The predicted octanol–water partition coefficient (Wildman–Crippen LogP) is 2.62. The minimum atomic E-state index is -0.663. The topological polar surface area (TPSA) is 72.7 Å². The van der Waals surface area contributed by atoms with E-state index in [0.717, 1.165) is 6.42 Å². The van der Waals surface area contributed by atoms with Gasteiger partial charge in [0.25, 0.3) is 11.6 Å². The first-order valence-corrected chi connectivity index (χ1v) is 6.69. The number of nitrogens with zero attached hydrogens (tertiary/aromatic N) is 2. The molecule has 1 aromatic carbocycles. The predicted molar refractivity (Wildman–Crippen MR) is 75.7 cm³/mol. The fraction of sp³-hybridized carbons (Fsp3) is 0.500. The zero-order valence-electron chi connectivity index (χ0n) is 12.0. The van der Waals surface area contributed by atoms with Crippen molar-refractivity contribution in [2.45, 2.75) is 33.3 Å². The minimum absolute atomic E-state index is 0.0527. The van der Waals surface area contributed by atoms with Crippen LogP contribution in [0.1, 0.15) is 27.2 Å². The standard InChI is InChI=1S/C14H20N2O4/c1-4-9-15(5-2)14(17)11(3)20-13-8-6-7-12(10-13)16(18)19/h6-8,10-11H,4-5,9H2,1-3H3. The number of benzene rings is 1. The summed E-state index contributed by atoms with van der Waals surface area (Å²) >= 11 is 0. The van der Waals surface area contributed by atoms with Crippen molar-refractivity contribution in [1.82, 2.24) is 4.90 Å². The maximum atomic E-state index is 12.2. The molecule has 0 heterocycles. The number of likely N-dealkylation sites (N-methyl/N-ethyl adjacent to an activating group) is 1. The summed E-state index contributed by atoms with van der Waals surface area (Å²) in [6, 6.07) is 5.84. The molecular weight excluding hydrogens is 260 g/mol. The molecule has 0 aromatic heterocycles. The van der Waals surface area contributed by atoms with Crippen molar-refractivity contribution in [3.05, 3.63) is 34.4 Å². The van der Waals surface area contributed by atoms with E-state index >= 15 is 0 Å². The average Bonchev–Trinajstić information content (AvgIpc) is 2.44. The van der Waals surface area contributed by atoms with E-state index in [4.69, 9.17) is 4.74 Å². The highest BCUT2D eigenvalue weighted by molar-refractivity contribution is 5.80. The average molecular weight is 280 g/mol. The lowest BCUT2D eigenvalue weighted by Crippen LogP contribution is -2.40. The molecule has 0 aliphatic carbocycles. The normalized spacial score (nSPS) is 11.8. The van der Waals surface area contributed by atoms with Crippen LogP contribution in [0.5, 0.6) is 5.75 Å². The molecule has 6 nitrogen and oxygen atoms in total. The van der Waals surface area contributed by atoms with Crippen molar-refractivity contribution in [2.75, 3.05) is 13.1 Å². The third kappa shape index (κ3) is 4.22. The SMILES string of the molecule is CCCN(CC)C(=O)C(C)Oc1cccc([N+](=O)[O-])c1. The van der Waals surface area contributed by atoms with Crippen LogP contribution in [0.3, 0.4) is 0 Å². The highest BCUT2D eigenvalue weighted by Crippen LogP contribution is 2.20. The van der Waals surface area contributed by atoms with Gasteiger partial charge in [0.05, 0.1) is 11.0 Å². The summed E-state index contributed by atoms with van der Waals surface area (Å²) in [6.07, 6.45) is 0.215. The van der Waals surface area contributed by atoms with Gasteiger partial charge in [-0.1, -0.05) is 13.0 Å². The molecule has 0 saturated heterocycles. The van der Waals surface area contributed by atoms with Crippen molar-refractivity contribution in [3.8, 4) is 5.75 Å². The van der Waals surface area contributed by atoms with E-state index in [1.165, 1.54) is 18.2 Å². The Morgan fingerprint density at radius 2 is 2.15 bits per heavy atom. The van der Waals surface area contributed by atoms with Crippen molar-refractivity contribution in [2.24, 2.45) is 0 Å². The number of hydrogen-bond acceptors (Lipinski definition) is 4. The van der Waals surface area contributed by atoms with Crippen molar-refractivity contribution in [3.63, 3.8) is 0 Å². The second-order valence-corrected chi connectivity index (χ2v) is 4.43. The van der Waals surface area contributed by atoms with E-state index in [2.05, 4.69) is 0 Å². The van der Waals surface area contributed by atoms with Gasteiger partial charge in [0.2, 0.25) is 0 Å². The number of carbonyl (C=O) groups is 1. The lowest BCUT2D eigenvalue weighted by atomic mass is 10.2. The van der Waals surface area contributed by atoms with Gasteiger partial charge in [-0.15, -0.1) is 0 Å².